The molecule has 0 aliphatic carbocycles. The van der Waals surface area contributed by atoms with E-state index in [0.717, 1.165) is 0 Å². The lowest BCUT2D eigenvalue weighted by molar-refractivity contribution is -0.135. The summed E-state index contributed by atoms with van der Waals surface area (Å²) in [6.07, 6.45) is 0. The quantitative estimate of drug-likeness (QED) is 0.662. The van der Waals surface area contributed by atoms with E-state index in [1.165, 1.54) is 13.8 Å². The Morgan fingerprint density at radius 3 is 1.46 bits per heavy atom. The van der Waals surface area contributed by atoms with Crippen molar-refractivity contribution in [1.82, 2.24) is 0 Å². The Balaban J connectivity index is 4.68. The monoisotopic (exact) mass is 188 g/mol. The zero-order valence-corrected chi connectivity index (χ0v) is 9.52. The third-order valence-corrected chi connectivity index (χ3v) is 2.33. The van der Waals surface area contributed by atoms with Gasteiger partial charge in [-0.05, 0) is 25.7 Å². The molecule has 0 aliphatic heterocycles. The molecule has 1 nitrogen and oxygen atoms in total. The molecule has 0 unspecified atom stereocenters. The van der Waals surface area contributed by atoms with Crippen molar-refractivity contribution >= 4 is 5.78 Å². The second kappa shape index (κ2) is 4.21. The summed E-state index contributed by atoms with van der Waals surface area (Å²) in [5, 5.41) is 0. The van der Waals surface area contributed by atoms with Gasteiger partial charge in [0.15, 0.2) is 11.5 Å². The first-order valence-electron chi connectivity index (χ1n) is 4.91. The number of alkyl halides is 1. The Labute approximate surface area is 80.7 Å². The van der Waals surface area contributed by atoms with Crippen molar-refractivity contribution in [2.24, 2.45) is 17.8 Å². The van der Waals surface area contributed by atoms with Gasteiger partial charge in [-0.2, -0.15) is 0 Å². The molecule has 0 saturated carbocycles. The first kappa shape index (κ1) is 12.6. The molecule has 0 atom stereocenters. The van der Waals surface area contributed by atoms with Crippen LogP contribution >= 0.6 is 0 Å². The molecule has 13 heavy (non-hydrogen) atoms. The maximum atomic E-state index is 13.4. The summed E-state index contributed by atoms with van der Waals surface area (Å²) < 4.78 is 13.4. The van der Waals surface area contributed by atoms with Gasteiger partial charge >= 0.3 is 0 Å². The molecule has 2 heteroatoms. The fourth-order valence-electron chi connectivity index (χ4n) is 1.77. The third kappa shape index (κ3) is 3.45. The van der Waals surface area contributed by atoms with Gasteiger partial charge in [0.05, 0.1) is 0 Å². The van der Waals surface area contributed by atoms with E-state index >= 15 is 0 Å². The van der Waals surface area contributed by atoms with Crippen molar-refractivity contribution in [3.05, 3.63) is 0 Å². The lowest BCUT2D eigenvalue weighted by Gasteiger charge is -2.27. The van der Waals surface area contributed by atoms with Crippen LogP contribution < -0.4 is 0 Å². The van der Waals surface area contributed by atoms with Crippen LogP contribution in [0.15, 0.2) is 0 Å². The Hall–Kier alpha value is -0.400. The normalized spacial score (nSPS) is 13.1. The Bertz CT molecular complexity index is 169. The van der Waals surface area contributed by atoms with E-state index in [2.05, 4.69) is 0 Å². The largest absolute Gasteiger partial charge is 0.296 e. The van der Waals surface area contributed by atoms with E-state index in [1.807, 2.05) is 27.7 Å². The van der Waals surface area contributed by atoms with E-state index in [4.69, 9.17) is 0 Å². The van der Waals surface area contributed by atoms with Gasteiger partial charge in [-0.25, -0.2) is 4.39 Å². The van der Waals surface area contributed by atoms with Gasteiger partial charge in [-0.15, -0.1) is 0 Å². The van der Waals surface area contributed by atoms with Crippen molar-refractivity contribution in [2.75, 3.05) is 0 Å². The Morgan fingerprint density at radius 1 is 1.08 bits per heavy atom. The number of Topliss-reactive ketones (excluding diaryl/α,β-unsaturated/α-hetero) is 1. The molecule has 0 radical (unpaired) electrons. The highest BCUT2D eigenvalue weighted by Crippen LogP contribution is 2.27. The van der Waals surface area contributed by atoms with Crippen LogP contribution in [0.25, 0.3) is 0 Å². The molecule has 0 saturated heterocycles. The van der Waals surface area contributed by atoms with Gasteiger partial charge in [0.1, 0.15) is 0 Å². The molecular weight excluding hydrogens is 167 g/mol. The van der Waals surface area contributed by atoms with Crippen molar-refractivity contribution in [1.29, 1.82) is 0 Å². The summed E-state index contributed by atoms with van der Waals surface area (Å²) in [4.78, 5) is 11.7. The van der Waals surface area contributed by atoms with Gasteiger partial charge < -0.3 is 0 Å². The van der Waals surface area contributed by atoms with Crippen molar-refractivity contribution in [3.8, 4) is 0 Å². The molecule has 0 aromatic rings. The SMILES string of the molecule is CC(C)C(C(=O)C(C)(C)F)C(C)C. The lowest BCUT2D eigenvalue weighted by atomic mass is 9.78. The van der Waals surface area contributed by atoms with Gasteiger partial charge in [0.2, 0.25) is 0 Å². The van der Waals surface area contributed by atoms with E-state index in [1.54, 1.807) is 0 Å². The Kier molecular flexibility index (Phi) is 4.08. The average molecular weight is 188 g/mol. The van der Waals surface area contributed by atoms with E-state index in [0.29, 0.717) is 0 Å². The third-order valence-electron chi connectivity index (χ3n) is 2.33. The van der Waals surface area contributed by atoms with Crippen LogP contribution in [0.3, 0.4) is 0 Å². The van der Waals surface area contributed by atoms with Crippen molar-refractivity contribution < 1.29 is 9.18 Å². The van der Waals surface area contributed by atoms with Crippen LogP contribution in [0.1, 0.15) is 41.5 Å². The second-order valence-corrected chi connectivity index (χ2v) is 4.85. The minimum Gasteiger partial charge on any atom is -0.296 e. The fraction of sp³-hybridized carbons (Fsp3) is 0.909. The molecule has 0 N–H and O–H groups in total. The van der Waals surface area contributed by atoms with Gasteiger partial charge in [-0.1, -0.05) is 27.7 Å². The minimum absolute atomic E-state index is 0.167. The molecule has 78 valence electrons. The van der Waals surface area contributed by atoms with Gasteiger partial charge in [0, 0.05) is 5.92 Å². The van der Waals surface area contributed by atoms with E-state index in [-0.39, 0.29) is 23.5 Å². The molecule has 0 bridgehead atoms. The van der Waals surface area contributed by atoms with Crippen molar-refractivity contribution in [2.45, 2.75) is 47.2 Å². The smallest absolute Gasteiger partial charge is 0.172 e. The molecule has 0 aromatic carbocycles. The first-order chi connectivity index (χ1) is 5.68. The zero-order chi connectivity index (χ0) is 10.8. The standard InChI is InChI=1S/C11H21FO/c1-7(2)9(8(3)4)10(13)11(5,6)12/h7-9H,1-6H3. The molecular formula is C11H21FO. The number of ketones is 1. The zero-order valence-electron chi connectivity index (χ0n) is 9.52. The van der Waals surface area contributed by atoms with Crippen LogP contribution in [0.4, 0.5) is 4.39 Å². The molecule has 0 amide bonds. The number of hydrogen-bond donors (Lipinski definition) is 0. The number of hydrogen-bond acceptors (Lipinski definition) is 1. The number of carbonyl (C=O) groups excluding carboxylic acids is 1. The van der Waals surface area contributed by atoms with Crippen LogP contribution in [-0.2, 0) is 4.79 Å². The predicted octanol–water partition coefficient (Wildman–Crippen LogP) is 3.23. The average Bonchev–Trinajstić information content (AvgIpc) is 1.82. The first-order valence-corrected chi connectivity index (χ1v) is 4.91. The highest BCUT2D eigenvalue weighted by Gasteiger charge is 2.36. The summed E-state index contributed by atoms with van der Waals surface area (Å²) >= 11 is 0. The molecule has 0 heterocycles. The predicted molar refractivity (Wildman–Crippen MR) is 53.4 cm³/mol. The highest BCUT2D eigenvalue weighted by atomic mass is 19.1. The summed E-state index contributed by atoms with van der Waals surface area (Å²) in [6.45, 7) is 10.5. The van der Waals surface area contributed by atoms with Crippen molar-refractivity contribution in [3.63, 3.8) is 0 Å². The number of carbonyl (C=O) groups is 1. The van der Waals surface area contributed by atoms with Gasteiger partial charge in [-0.3, -0.25) is 4.79 Å². The molecule has 0 aromatic heterocycles. The maximum absolute atomic E-state index is 13.4. The molecule has 0 spiro atoms. The van der Waals surface area contributed by atoms with Crippen LogP contribution in [-0.4, -0.2) is 11.5 Å². The van der Waals surface area contributed by atoms with E-state index < -0.39 is 5.67 Å². The summed E-state index contributed by atoms with van der Waals surface area (Å²) in [6, 6.07) is 0. The number of halogens is 1. The van der Waals surface area contributed by atoms with Crippen LogP contribution in [0.2, 0.25) is 0 Å². The summed E-state index contributed by atoms with van der Waals surface area (Å²) in [5.41, 5.74) is -1.70. The second-order valence-electron chi connectivity index (χ2n) is 4.85. The van der Waals surface area contributed by atoms with Gasteiger partial charge in [0.25, 0.3) is 0 Å². The topological polar surface area (TPSA) is 17.1 Å². The molecule has 0 rings (SSSR count). The lowest BCUT2D eigenvalue weighted by Crippen LogP contribution is -2.38. The Morgan fingerprint density at radius 2 is 1.38 bits per heavy atom. The van der Waals surface area contributed by atoms with Crippen LogP contribution in [0, 0.1) is 17.8 Å². The minimum atomic E-state index is -1.70. The van der Waals surface area contributed by atoms with E-state index in [9.17, 15) is 9.18 Å². The fourth-order valence-corrected chi connectivity index (χ4v) is 1.77. The maximum Gasteiger partial charge on any atom is 0.172 e. The highest BCUT2D eigenvalue weighted by molar-refractivity contribution is 5.88. The van der Waals surface area contributed by atoms with Crippen LogP contribution in [0.5, 0.6) is 0 Å². The summed E-state index contributed by atoms with van der Waals surface area (Å²) in [5.74, 6) is -0.0115. The summed E-state index contributed by atoms with van der Waals surface area (Å²) in [7, 11) is 0. The molecule has 0 fully saturated rings. The number of rotatable bonds is 4. The molecule has 0 aliphatic rings.